The van der Waals surface area contributed by atoms with Crippen LogP contribution in [0.3, 0.4) is 0 Å². The van der Waals surface area contributed by atoms with E-state index < -0.39 is 0 Å². The van der Waals surface area contributed by atoms with Crippen LogP contribution >= 0.6 is 11.3 Å². The largest absolute Gasteiger partial charge is 0.310 e. The van der Waals surface area contributed by atoms with Crippen LogP contribution in [0.25, 0.3) is 63.6 Å². The molecule has 0 radical (unpaired) electrons. The van der Waals surface area contributed by atoms with Crippen LogP contribution in [0.2, 0.25) is 0 Å². The van der Waals surface area contributed by atoms with Gasteiger partial charge in [-0.2, -0.15) is 0 Å². The molecule has 1 nitrogen and oxygen atoms in total. The lowest BCUT2D eigenvalue weighted by molar-refractivity contribution is 1.31. The summed E-state index contributed by atoms with van der Waals surface area (Å²) in [5.41, 5.74) is 5.96. The van der Waals surface area contributed by atoms with Crippen molar-refractivity contribution in [2.45, 2.75) is 0 Å². The van der Waals surface area contributed by atoms with E-state index in [9.17, 15) is 0 Å². The molecule has 44 heavy (non-hydrogen) atoms. The highest BCUT2D eigenvalue weighted by molar-refractivity contribution is 7.26. The molecule has 1 aromatic heterocycles. The van der Waals surface area contributed by atoms with Gasteiger partial charge in [0, 0.05) is 36.9 Å². The van der Waals surface area contributed by atoms with Gasteiger partial charge in [0.25, 0.3) is 0 Å². The first-order valence-electron chi connectivity index (χ1n) is 15.0. The zero-order valence-corrected chi connectivity index (χ0v) is 24.8. The van der Waals surface area contributed by atoms with Gasteiger partial charge < -0.3 is 4.90 Å². The van der Waals surface area contributed by atoms with Crippen molar-refractivity contribution in [2.75, 3.05) is 4.90 Å². The second-order valence-electron chi connectivity index (χ2n) is 11.4. The lowest BCUT2D eigenvalue weighted by Gasteiger charge is -2.28. The Hall–Kier alpha value is -5.44. The fraction of sp³-hybridized carbons (Fsp3) is 0. The molecule has 0 aliphatic rings. The maximum atomic E-state index is 2.42. The third-order valence-corrected chi connectivity index (χ3v) is 10.0. The lowest BCUT2D eigenvalue weighted by atomic mass is 9.98. The summed E-state index contributed by atoms with van der Waals surface area (Å²) in [6.45, 7) is 0. The van der Waals surface area contributed by atoms with E-state index in [-0.39, 0.29) is 0 Å². The van der Waals surface area contributed by atoms with Gasteiger partial charge in [0.05, 0.1) is 5.69 Å². The summed E-state index contributed by atoms with van der Waals surface area (Å²) in [5, 5.41) is 10.1. The van der Waals surface area contributed by atoms with E-state index in [0.717, 1.165) is 11.4 Å². The van der Waals surface area contributed by atoms with E-state index in [1.165, 1.54) is 69.3 Å². The maximum absolute atomic E-state index is 2.42. The molecular weight excluding hydrogens is 551 g/mol. The molecule has 206 valence electrons. The summed E-state index contributed by atoms with van der Waals surface area (Å²) in [6, 6.07) is 59.8. The molecule has 0 saturated heterocycles. The summed E-state index contributed by atoms with van der Waals surface area (Å²) in [4.78, 5) is 2.42. The smallest absolute Gasteiger partial charge is 0.0546 e. The van der Waals surface area contributed by atoms with Crippen LogP contribution in [0.1, 0.15) is 0 Å². The number of benzene rings is 8. The first-order chi connectivity index (χ1) is 21.8. The molecule has 0 atom stereocenters. The van der Waals surface area contributed by atoms with Gasteiger partial charge in [0.2, 0.25) is 0 Å². The maximum Gasteiger partial charge on any atom is 0.0546 e. The number of thiophene rings is 1. The Morgan fingerprint density at radius 3 is 1.86 bits per heavy atom. The normalized spacial score (nSPS) is 11.6. The Labute approximate surface area is 259 Å². The zero-order valence-electron chi connectivity index (χ0n) is 23.9. The summed E-state index contributed by atoms with van der Waals surface area (Å²) in [7, 11) is 0. The number of anilines is 3. The molecule has 8 aromatic carbocycles. The Balaban J connectivity index is 1.26. The predicted octanol–water partition coefficient (Wildman–Crippen LogP) is 12.7. The van der Waals surface area contributed by atoms with Gasteiger partial charge in [-0.25, -0.2) is 0 Å². The highest BCUT2D eigenvalue weighted by Crippen LogP contribution is 2.44. The van der Waals surface area contributed by atoms with Crippen molar-refractivity contribution in [2.24, 2.45) is 0 Å². The van der Waals surface area contributed by atoms with Crippen LogP contribution in [0.5, 0.6) is 0 Å². The molecular formula is C42H27NS. The zero-order chi connectivity index (χ0) is 29.0. The van der Waals surface area contributed by atoms with Crippen LogP contribution in [0.4, 0.5) is 17.1 Å². The van der Waals surface area contributed by atoms with Gasteiger partial charge >= 0.3 is 0 Å². The Bertz CT molecular complexity index is 2500. The number of rotatable bonds is 4. The van der Waals surface area contributed by atoms with Gasteiger partial charge in [-0.3, -0.25) is 0 Å². The minimum atomic E-state index is 1.13. The van der Waals surface area contributed by atoms with Crippen LogP contribution in [-0.4, -0.2) is 0 Å². The van der Waals surface area contributed by atoms with Crippen LogP contribution in [-0.2, 0) is 0 Å². The Morgan fingerprint density at radius 1 is 0.386 bits per heavy atom. The molecule has 0 unspecified atom stereocenters. The van der Waals surface area contributed by atoms with Gasteiger partial charge in [0.15, 0.2) is 0 Å². The molecule has 2 heteroatoms. The topological polar surface area (TPSA) is 3.24 Å². The monoisotopic (exact) mass is 577 g/mol. The average Bonchev–Trinajstić information content (AvgIpc) is 3.48. The number of hydrogen-bond acceptors (Lipinski definition) is 2. The van der Waals surface area contributed by atoms with Crippen molar-refractivity contribution in [3.8, 4) is 11.1 Å². The molecule has 0 spiro atoms. The van der Waals surface area contributed by atoms with E-state index in [1.54, 1.807) is 0 Å². The van der Waals surface area contributed by atoms with Crippen molar-refractivity contribution in [3.63, 3.8) is 0 Å². The number of fused-ring (bicyclic) bond motifs is 7. The summed E-state index contributed by atoms with van der Waals surface area (Å²) >= 11 is 1.88. The van der Waals surface area contributed by atoms with E-state index in [1.807, 2.05) is 11.3 Å². The minimum absolute atomic E-state index is 1.13. The SMILES string of the molecule is c1ccc2cc(N(c3ccc(-c4cccc5c4sc4ccccc45)cc3)c3cc4ccccc4c4ccccc34)ccc2c1. The first kappa shape index (κ1) is 25.1. The molecule has 0 N–H and O–H groups in total. The summed E-state index contributed by atoms with van der Waals surface area (Å²) in [6.07, 6.45) is 0. The third-order valence-electron chi connectivity index (χ3n) is 8.82. The van der Waals surface area contributed by atoms with Crippen molar-refractivity contribution in [3.05, 3.63) is 164 Å². The van der Waals surface area contributed by atoms with Crippen LogP contribution in [0.15, 0.2) is 164 Å². The summed E-state index contributed by atoms with van der Waals surface area (Å²) in [5.74, 6) is 0. The van der Waals surface area contributed by atoms with E-state index in [4.69, 9.17) is 0 Å². The number of nitrogens with zero attached hydrogens (tertiary/aromatic N) is 1. The highest BCUT2D eigenvalue weighted by atomic mass is 32.1. The van der Waals surface area contributed by atoms with E-state index in [2.05, 4.69) is 169 Å². The minimum Gasteiger partial charge on any atom is -0.310 e. The van der Waals surface area contributed by atoms with E-state index in [0.29, 0.717) is 0 Å². The molecule has 0 bridgehead atoms. The standard InChI is InChI=1S/C42H27NS/c1-2-11-30-26-33(25-20-28(30)10-1)43(40-27-31-12-3-4-13-34(31)36-14-5-6-15-37(36)40)32-23-21-29(22-24-32)35-17-9-18-39-38-16-7-8-19-41(38)44-42(35)39/h1-27H. The van der Waals surface area contributed by atoms with Gasteiger partial charge in [-0.15, -0.1) is 11.3 Å². The van der Waals surface area contributed by atoms with Crippen molar-refractivity contribution in [1.29, 1.82) is 0 Å². The van der Waals surface area contributed by atoms with Crippen LogP contribution in [0, 0.1) is 0 Å². The fourth-order valence-corrected chi connectivity index (χ4v) is 7.97. The molecule has 0 amide bonds. The van der Waals surface area contributed by atoms with E-state index >= 15 is 0 Å². The molecule has 0 fully saturated rings. The second kappa shape index (κ2) is 10.1. The predicted molar refractivity (Wildman–Crippen MR) is 192 cm³/mol. The molecule has 9 aromatic rings. The molecule has 0 aliphatic heterocycles. The molecule has 9 rings (SSSR count). The Morgan fingerprint density at radius 2 is 1.02 bits per heavy atom. The average molecular weight is 578 g/mol. The molecule has 0 saturated carbocycles. The van der Waals surface area contributed by atoms with Crippen molar-refractivity contribution in [1.82, 2.24) is 0 Å². The van der Waals surface area contributed by atoms with Crippen LogP contribution < -0.4 is 4.90 Å². The van der Waals surface area contributed by atoms with Gasteiger partial charge in [0.1, 0.15) is 0 Å². The highest BCUT2D eigenvalue weighted by Gasteiger charge is 2.18. The summed E-state index contributed by atoms with van der Waals surface area (Å²) < 4.78 is 2.67. The first-order valence-corrected chi connectivity index (χ1v) is 15.8. The van der Waals surface area contributed by atoms with Gasteiger partial charge in [-0.1, -0.05) is 127 Å². The lowest BCUT2D eigenvalue weighted by Crippen LogP contribution is -2.10. The van der Waals surface area contributed by atoms with Crippen molar-refractivity contribution >= 4 is 80.9 Å². The van der Waals surface area contributed by atoms with Crippen molar-refractivity contribution < 1.29 is 0 Å². The quantitative estimate of drug-likeness (QED) is 0.188. The Kier molecular flexibility index (Phi) is 5.75. The molecule has 1 heterocycles. The number of hydrogen-bond donors (Lipinski definition) is 0. The second-order valence-corrected chi connectivity index (χ2v) is 12.4. The van der Waals surface area contributed by atoms with Gasteiger partial charge in [-0.05, 0) is 74.5 Å². The third kappa shape index (κ3) is 4.00. The fourth-order valence-electron chi connectivity index (χ4n) is 6.73. The molecule has 0 aliphatic carbocycles.